The van der Waals surface area contributed by atoms with Gasteiger partial charge in [-0.15, -0.1) is 0 Å². The molecule has 1 unspecified atom stereocenters. The van der Waals surface area contributed by atoms with Crippen molar-refractivity contribution < 1.29 is 18.9 Å². The summed E-state index contributed by atoms with van der Waals surface area (Å²) in [7, 11) is 0. The zero-order valence-electron chi connectivity index (χ0n) is 13.9. The van der Waals surface area contributed by atoms with Crippen LogP contribution in [0.3, 0.4) is 0 Å². The molecular formula is C20H20O4S. The van der Waals surface area contributed by atoms with E-state index >= 15 is 0 Å². The van der Waals surface area contributed by atoms with Crippen LogP contribution in [0.25, 0.3) is 0 Å². The molecule has 0 radical (unpaired) electrons. The Labute approximate surface area is 151 Å². The smallest absolute Gasteiger partial charge is 0.184 e. The lowest BCUT2D eigenvalue weighted by Crippen LogP contribution is -2.51. The molecule has 6 atom stereocenters. The largest absolute Gasteiger partial charge is 0.363 e. The summed E-state index contributed by atoms with van der Waals surface area (Å²) in [6.45, 7) is 2.62. The van der Waals surface area contributed by atoms with Crippen LogP contribution >= 0.6 is 11.8 Å². The second-order valence-corrected chi connectivity index (χ2v) is 7.89. The van der Waals surface area contributed by atoms with Crippen LogP contribution in [0.5, 0.6) is 0 Å². The summed E-state index contributed by atoms with van der Waals surface area (Å²) in [4.78, 5) is 1.20. The summed E-state index contributed by atoms with van der Waals surface area (Å²) >= 11 is 1.72. The number of benzene rings is 2. The monoisotopic (exact) mass is 356 g/mol. The lowest BCUT2D eigenvalue weighted by molar-refractivity contribution is -0.276. The van der Waals surface area contributed by atoms with Gasteiger partial charge in [-0.25, -0.2) is 0 Å². The summed E-state index contributed by atoms with van der Waals surface area (Å²) < 4.78 is 24.2. The molecule has 3 saturated heterocycles. The van der Waals surface area contributed by atoms with Gasteiger partial charge in [-0.2, -0.15) is 0 Å². The Kier molecular flexibility index (Phi) is 4.07. The number of ether oxygens (including phenoxy) is 4. The fraction of sp³-hybridized carbons (Fsp3) is 0.400. The molecule has 4 nitrogen and oxygen atoms in total. The molecule has 5 heteroatoms. The Morgan fingerprint density at radius 1 is 0.840 bits per heavy atom. The van der Waals surface area contributed by atoms with Crippen molar-refractivity contribution in [2.45, 2.75) is 48.0 Å². The van der Waals surface area contributed by atoms with E-state index in [1.807, 2.05) is 30.3 Å². The number of hydrogen-bond acceptors (Lipinski definition) is 5. The van der Waals surface area contributed by atoms with Gasteiger partial charge < -0.3 is 18.9 Å². The Morgan fingerprint density at radius 3 is 2.44 bits per heavy atom. The number of rotatable bonds is 3. The summed E-state index contributed by atoms with van der Waals surface area (Å²) in [5.74, 6) is 0. The molecule has 0 N–H and O–H groups in total. The lowest BCUT2D eigenvalue weighted by atomic mass is 10.0. The summed E-state index contributed by atoms with van der Waals surface area (Å²) in [6.07, 6.45) is -0.262. The molecule has 3 fully saturated rings. The minimum atomic E-state index is -0.336. The maximum atomic E-state index is 6.25. The molecule has 0 amide bonds. The van der Waals surface area contributed by atoms with E-state index in [-0.39, 0.29) is 36.1 Å². The molecule has 130 valence electrons. The highest BCUT2D eigenvalue weighted by atomic mass is 32.2. The Bertz CT molecular complexity index is 735. The lowest BCUT2D eigenvalue weighted by Gasteiger charge is -2.39. The van der Waals surface area contributed by atoms with E-state index in [2.05, 4.69) is 31.2 Å². The maximum absolute atomic E-state index is 6.25. The number of thioether (sulfide) groups is 1. The summed E-state index contributed by atoms with van der Waals surface area (Å²) in [6, 6.07) is 18.5. The first-order valence-corrected chi connectivity index (χ1v) is 9.52. The maximum Gasteiger partial charge on any atom is 0.184 e. The quantitative estimate of drug-likeness (QED) is 0.785. The van der Waals surface area contributed by atoms with Crippen LogP contribution in [0.1, 0.15) is 17.4 Å². The van der Waals surface area contributed by atoms with E-state index in [1.165, 1.54) is 10.5 Å². The molecule has 3 heterocycles. The fourth-order valence-electron chi connectivity index (χ4n) is 3.45. The highest BCUT2D eigenvalue weighted by molar-refractivity contribution is 7.99. The van der Waals surface area contributed by atoms with Crippen molar-refractivity contribution >= 4 is 11.8 Å². The van der Waals surface area contributed by atoms with Gasteiger partial charge >= 0.3 is 0 Å². The molecule has 25 heavy (non-hydrogen) atoms. The van der Waals surface area contributed by atoms with Crippen LogP contribution in [0.2, 0.25) is 0 Å². The van der Waals surface area contributed by atoms with E-state index in [4.69, 9.17) is 18.9 Å². The van der Waals surface area contributed by atoms with Crippen molar-refractivity contribution in [2.24, 2.45) is 0 Å². The third-order valence-corrected chi connectivity index (χ3v) is 6.02. The minimum Gasteiger partial charge on any atom is -0.363 e. The summed E-state index contributed by atoms with van der Waals surface area (Å²) in [5, 5.41) is 0. The van der Waals surface area contributed by atoms with Crippen LogP contribution in [-0.4, -0.2) is 36.5 Å². The first kappa shape index (κ1) is 15.9. The molecule has 0 aromatic heterocycles. The Morgan fingerprint density at radius 2 is 1.64 bits per heavy atom. The molecule has 0 spiro atoms. The summed E-state index contributed by atoms with van der Waals surface area (Å²) in [5.41, 5.74) is 2.29. The van der Waals surface area contributed by atoms with Crippen molar-refractivity contribution in [3.8, 4) is 0 Å². The van der Waals surface area contributed by atoms with E-state index in [9.17, 15) is 0 Å². The standard InChI is InChI=1S/C20H20O4S/c1-12-7-9-14(10-8-12)25-20-18-17(23-18)16-15(22-20)11-21-19(24-16)13-5-3-2-4-6-13/h2-10,15-20H,11H2,1H3/t15-,16+,17-,18-,19?,20+/m1/s1. The fourth-order valence-corrected chi connectivity index (χ4v) is 4.57. The molecule has 2 aromatic carbocycles. The molecule has 0 aliphatic carbocycles. The topological polar surface area (TPSA) is 40.2 Å². The van der Waals surface area contributed by atoms with Gasteiger partial charge in [0, 0.05) is 10.5 Å². The van der Waals surface area contributed by atoms with Crippen LogP contribution in [0.4, 0.5) is 0 Å². The Balaban J connectivity index is 1.26. The van der Waals surface area contributed by atoms with E-state index in [1.54, 1.807) is 11.8 Å². The van der Waals surface area contributed by atoms with Crippen molar-refractivity contribution in [3.05, 3.63) is 65.7 Å². The normalized spacial score (nSPS) is 36.4. The van der Waals surface area contributed by atoms with Gasteiger partial charge in [-0.3, -0.25) is 0 Å². The third-order valence-electron chi connectivity index (χ3n) is 4.87. The SMILES string of the molecule is Cc1ccc(S[C@@H]2O[C@@H]3COC(c4ccccc4)O[C@@H]3[C@H]3O[C@H]32)cc1. The van der Waals surface area contributed by atoms with E-state index < -0.39 is 0 Å². The molecular weight excluding hydrogens is 336 g/mol. The zero-order valence-corrected chi connectivity index (χ0v) is 14.7. The molecule has 0 saturated carbocycles. The van der Waals surface area contributed by atoms with Crippen molar-refractivity contribution in [1.29, 1.82) is 0 Å². The number of epoxide rings is 1. The molecule has 0 bridgehead atoms. The average Bonchev–Trinajstić information content (AvgIpc) is 3.46. The molecule has 3 aliphatic heterocycles. The predicted octanol–water partition coefficient (Wildman–Crippen LogP) is 3.69. The molecule has 2 aromatic rings. The third kappa shape index (κ3) is 3.11. The van der Waals surface area contributed by atoms with E-state index in [0.29, 0.717) is 6.61 Å². The van der Waals surface area contributed by atoms with Gasteiger partial charge in [0.05, 0.1) is 6.61 Å². The van der Waals surface area contributed by atoms with E-state index in [0.717, 1.165) is 5.56 Å². The molecule has 5 rings (SSSR count). The van der Waals surface area contributed by atoms with Gasteiger partial charge in [-0.05, 0) is 19.1 Å². The highest BCUT2D eigenvalue weighted by Gasteiger charge is 2.60. The zero-order chi connectivity index (χ0) is 16.8. The average molecular weight is 356 g/mol. The second-order valence-electron chi connectivity index (χ2n) is 6.72. The van der Waals surface area contributed by atoms with Gasteiger partial charge in [0.1, 0.15) is 29.9 Å². The van der Waals surface area contributed by atoms with Crippen molar-refractivity contribution in [3.63, 3.8) is 0 Å². The Hall–Kier alpha value is -1.37. The van der Waals surface area contributed by atoms with Crippen LogP contribution in [0.15, 0.2) is 59.5 Å². The van der Waals surface area contributed by atoms with Gasteiger partial charge in [-0.1, -0.05) is 59.8 Å². The van der Waals surface area contributed by atoms with Gasteiger partial charge in [0.25, 0.3) is 0 Å². The minimum absolute atomic E-state index is 0.00516. The highest BCUT2D eigenvalue weighted by Crippen LogP contribution is 2.47. The van der Waals surface area contributed by atoms with Gasteiger partial charge in [0.15, 0.2) is 6.29 Å². The molecule has 3 aliphatic rings. The van der Waals surface area contributed by atoms with Crippen LogP contribution in [-0.2, 0) is 18.9 Å². The first-order valence-electron chi connectivity index (χ1n) is 8.64. The van der Waals surface area contributed by atoms with Crippen LogP contribution < -0.4 is 0 Å². The van der Waals surface area contributed by atoms with Crippen molar-refractivity contribution in [2.75, 3.05) is 6.61 Å². The second kappa shape index (κ2) is 6.41. The van der Waals surface area contributed by atoms with Crippen molar-refractivity contribution in [1.82, 2.24) is 0 Å². The first-order chi connectivity index (χ1) is 12.3. The van der Waals surface area contributed by atoms with Gasteiger partial charge in [0.2, 0.25) is 0 Å². The number of fused-ring (bicyclic) bond motifs is 3. The predicted molar refractivity (Wildman–Crippen MR) is 94.4 cm³/mol. The number of aryl methyl sites for hydroxylation is 1. The van der Waals surface area contributed by atoms with Crippen LogP contribution in [0, 0.1) is 6.92 Å². The number of hydrogen-bond donors (Lipinski definition) is 0.